The van der Waals surface area contributed by atoms with Crippen molar-refractivity contribution in [1.82, 2.24) is 0 Å². The van der Waals surface area contributed by atoms with Crippen molar-refractivity contribution in [3.05, 3.63) is 35.9 Å². The fourth-order valence-corrected chi connectivity index (χ4v) is 1.97. The van der Waals surface area contributed by atoms with Crippen LogP contribution in [0.5, 0.6) is 0 Å². The van der Waals surface area contributed by atoms with Gasteiger partial charge in [0.1, 0.15) is 5.25 Å². The van der Waals surface area contributed by atoms with E-state index in [0.717, 1.165) is 18.4 Å². The molecule has 0 amide bonds. The Bertz CT molecular complexity index is 349. The van der Waals surface area contributed by atoms with E-state index in [-0.39, 0.29) is 11.2 Å². The van der Waals surface area contributed by atoms with Crippen LogP contribution in [-0.4, -0.2) is 17.8 Å². The number of thiol groups is 1. The first-order valence-electron chi connectivity index (χ1n) is 6.48. The van der Waals surface area contributed by atoms with Gasteiger partial charge < -0.3 is 4.74 Å². The number of hydrogen-bond donors (Lipinski definition) is 1. The monoisotopic (exact) mass is 266 g/mol. The first-order valence-corrected chi connectivity index (χ1v) is 7.00. The van der Waals surface area contributed by atoms with Crippen LogP contribution < -0.4 is 0 Å². The Balaban J connectivity index is 2.25. The van der Waals surface area contributed by atoms with Gasteiger partial charge in [0.2, 0.25) is 0 Å². The standard InChI is InChI=1S/C15H22O2S/c1-12(2)7-6-10-17-15(16)14(18)11-13-8-4-3-5-9-13/h3-5,8-9,12,14,18H,6-7,10-11H2,1-2H3. The van der Waals surface area contributed by atoms with E-state index in [1.807, 2.05) is 30.3 Å². The summed E-state index contributed by atoms with van der Waals surface area (Å²) in [5, 5.41) is -0.369. The smallest absolute Gasteiger partial charge is 0.319 e. The lowest BCUT2D eigenvalue weighted by Crippen LogP contribution is -2.21. The molecule has 0 heterocycles. The van der Waals surface area contributed by atoms with E-state index in [4.69, 9.17) is 4.74 Å². The second-order valence-corrected chi connectivity index (χ2v) is 5.53. The number of carbonyl (C=O) groups is 1. The molecule has 0 N–H and O–H groups in total. The zero-order chi connectivity index (χ0) is 13.4. The van der Waals surface area contributed by atoms with Crippen molar-refractivity contribution in [2.75, 3.05) is 6.61 Å². The molecule has 0 spiro atoms. The first-order chi connectivity index (χ1) is 8.59. The highest BCUT2D eigenvalue weighted by molar-refractivity contribution is 7.81. The van der Waals surface area contributed by atoms with E-state index in [1.54, 1.807) is 0 Å². The predicted octanol–water partition coefficient (Wildman–Crippen LogP) is 3.51. The molecule has 1 unspecified atom stereocenters. The van der Waals surface area contributed by atoms with Gasteiger partial charge in [-0.1, -0.05) is 44.2 Å². The third kappa shape index (κ3) is 6.10. The third-order valence-electron chi connectivity index (χ3n) is 2.71. The van der Waals surface area contributed by atoms with Crippen molar-refractivity contribution in [1.29, 1.82) is 0 Å². The Morgan fingerprint density at radius 2 is 1.94 bits per heavy atom. The van der Waals surface area contributed by atoms with Crippen molar-refractivity contribution in [3.8, 4) is 0 Å². The van der Waals surface area contributed by atoms with Gasteiger partial charge in [-0.2, -0.15) is 12.6 Å². The molecule has 100 valence electrons. The van der Waals surface area contributed by atoms with E-state index in [1.165, 1.54) is 0 Å². The fourth-order valence-electron chi connectivity index (χ4n) is 1.68. The Morgan fingerprint density at radius 3 is 2.56 bits per heavy atom. The van der Waals surface area contributed by atoms with E-state index in [2.05, 4.69) is 26.5 Å². The maximum Gasteiger partial charge on any atom is 0.319 e. The van der Waals surface area contributed by atoms with Crippen LogP contribution in [-0.2, 0) is 16.0 Å². The molecule has 0 fully saturated rings. The molecule has 0 aliphatic carbocycles. The minimum absolute atomic E-state index is 0.217. The van der Waals surface area contributed by atoms with E-state index in [0.29, 0.717) is 18.9 Å². The Morgan fingerprint density at radius 1 is 1.28 bits per heavy atom. The molecule has 0 aliphatic heterocycles. The van der Waals surface area contributed by atoms with Gasteiger partial charge in [-0.3, -0.25) is 4.79 Å². The van der Waals surface area contributed by atoms with Crippen LogP contribution in [0.25, 0.3) is 0 Å². The summed E-state index contributed by atoms with van der Waals surface area (Å²) in [5.41, 5.74) is 1.11. The van der Waals surface area contributed by atoms with E-state index < -0.39 is 0 Å². The van der Waals surface area contributed by atoms with Crippen LogP contribution in [0, 0.1) is 5.92 Å². The minimum Gasteiger partial charge on any atom is -0.465 e. The Labute approximate surface area is 115 Å². The maximum absolute atomic E-state index is 11.7. The van der Waals surface area contributed by atoms with Crippen LogP contribution in [0.2, 0.25) is 0 Å². The summed E-state index contributed by atoms with van der Waals surface area (Å²) in [6.07, 6.45) is 2.63. The van der Waals surface area contributed by atoms with E-state index >= 15 is 0 Å². The summed E-state index contributed by atoms with van der Waals surface area (Å²) in [5.74, 6) is 0.436. The van der Waals surface area contributed by atoms with Gasteiger partial charge in [-0.15, -0.1) is 0 Å². The third-order valence-corrected chi connectivity index (χ3v) is 3.11. The summed E-state index contributed by atoms with van der Waals surface area (Å²) in [7, 11) is 0. The molecule has 18 heavy (non-hydrogen) atoms. The topological polar surface area (TPSA) is 26.3 Å². The van der Waals surface area contributed by atoms with E-state index in [9.17, 15) is 4.79 Å². The molecular weight excluding hydrogens is 244 g/mol. The fraction of sp³-hybridized carbons (Fsp3) is 0.533. The van der Waals surface area contributed by atoms with Gasteiger partial charge in [0.15, 0.2) is 0 Å². The number of rotatable bonds is 7. The van der Waals surface area contributed by atoms with Crippen LogP contribution in [0.15, 0.2) is 30.3 Å². The highest BCUT2D eigenvalue weighted by atomic mass is 32.1. The lowest BCUT2D eigenvalue weighted by Gasteiger charge is -2.11. The molecule has 3 heteroatoms. The number of carbonyl (C=O) groups excluding carboxylic acids is 1. The second kappa shape index (κ2) is 8.20. The number of hydrogen-bond acceptors (Lipinski definition) is 3. The predicted molar refractivity (Wildman–Crippen MR) is 78.0 cm³/mol. The maximum atomic E-state index is 11.7. The molecule has 1 atom stereocenters. The summed E-state index contributed by atoms with van der Waals surface area (Å²) in [6, 6.07) is 9.87. The molecule has 1 rings (SSSR count). The van der Waals surface area contributed by atoms with Gasteiger partial charge in [-0.25, -0.2) is 0 Å². The van der Waals surface area contributed by atoms with Crippen molar-refractivity contribution < 1.29 is 9.53 Å². The second-order valence-electron chi connectivity index (χ2n) is 4.91. The van der Waals surface area contributed by atoms with Crippen LogP contribution in [0.3, 0.4) is 0 Å². The molecule has 1 aromatic carbocycles. The average Bonchev–Trinajstić information content (AvgIpc) is 2.35. The van der Waals surface area contributed by atoms with Crippen molar-refractivity contribution >= 4 is 18.6 Å². The summed E-state index contributed by atoms with van der Waals surface area (Å²) >= 11 is 4.30. The minimum atomic E-state index is -0.369. The van der Waals surface area contributed by atoms with Gasteiger partial charge >= 0.3 is 5.97 Å². The number of esters is 1. The number of ether oxygens (including phenoxy) is 1. The summed E-state index contributed by atoms with van der Waals surface area (Å²) in [6.45, 7) is 4.83. The number of benzene rings is 1. The SMILES string of the molecule is CC(C)CCCOC(=O)C(S)Cc1ccccc1. The molecule has 0 radical (unpaired) electrons. The Kier molecular flexibility index (Phi) is 6.88. The zero-order valence-corrected chi connectivity index (χ0v) is 12.0. The largest absolute Gasteiger partial charge is 0.465 e. The lowest BCUT2D eigenvalue weighted by atomic mass is 10.1. The molecule has 1 aromatic rings. The molecule has 0 aromatic heterocycles. The highest BCUT2D eigenvalue weighted by Crippen LogP contribution is 2.10. The van der Waals surface area contributed by atoms with Crippen molar-refractivity contribution in [2.45, 2.75) is 38.4 Å². The van der Waals surface area contributed by atoms with Crippen molar-refractivity contribution in [3.63, 3.8) is 0 Å². The van der Waals surface area contributed by atoms with Gasteiger partial charge in [-0.05, 0) is 30.7 Å². The molecule has 0 bridgehead atoms. The summed E-state index contributed by atoms with van der Waals surface area (Å²) in [4.78, 5) is 11.7. The Hall–Kier alpha value is -0.960. The lowest BCUT2D eigenvalue weighted by molar-refractivity contribution is -0.143. The van der Waals surface area contributed by atoms with Gasteiger partial charge in [0.05, 0.1) is 6.61 Å². The van der Waals surface area contributed by atoms with Crippen molar-refractivity contribution in [2.24, 2.45) is 5.92 Å². The van der Waals surface area contributed by atoms with Gasteiger partial charge in [0, 0.05) is 0 Å². The van der Waals surface area contributed by atoms with Crippen LogP contribution in [0.4, 0.5) is 0 Å². The molecule has 0 aliphatic rings. The molecule has 0 saturated carbocycles. The van der Waals surface area contributed by atoms with Gasteiger partial charge in [0.25, 0.3) is 0 Å². The van der Waals surface area contributed by atoms with Crippen LogP contribution in [0.1, 0.15) is 32.3 Å². The summed E-state index contributed by atoms with van der Waals surface area (Å²) < 4.78 is 5.21. The first kappa shape index (κ1) is 15.1. The molecule has 0 saturated heterocycles. The molecular formula is C15H22O2S. The van der Waals surface area contributed by atoms with Crippen LogP contribution >= 0.6 is 12.6 Å². The average molecular weight is 266 g/mol. The highest BCUT2D eigenvalue weighted by Gasteiger charge is 2.15. The molecule has 2 nitrogen and oxygen atoms in total. The normalized spacial score (nSPS) is 12.4. The zero-order valence-electron chi connectivity index (χ0n) is 11.1. The quantitative estimate of drug-likeness (QED) is 0.464.